The monoisotopic (exact) mass is 324 g/mol. The van der Waals surface area contributed by atoms with Crippen molar-refractivity contribution in [2.45, 2.75) is 19.9 Å². The van der Waals surface area contributed by atoms with Crippen molar-refractivity contribution in [3.8, 4) is 0 Å². The van der Waals surface area contributed by atoms with E-state index >= 15 is 0 Å². The number of hydrogen-bond donors (Lipinski definition) is 2. The first-order valence-electron chi connectivity index (χ1n) is 6.32. The molecule has 1 aromatic heterocycles. The van der Waals surface area contributed by atoms with Crippen LogP contribution in [0.5, 0.6) is 0 Å². The fraction of sp³-hybridized carbons (Fsp3) is 0.214. The van der Waals surface area contributed by atoms with Crippen molar-refractivity contribution in [1.29, 1.82) is 0 Å². The van der Waals surface area contributed by atoms with Crippen molar-refractivity contribution in [1.82, 2.24) is 9.97 Å². The number of halogens is 2. The number of anilines is 2. The normalized spacial score (nSPS) is 10.5. The smallest absolute Gasteiger partial charge is 0.258 e. The zero-order chi connectivity index (χ0) is 15.4. The minimum Gasteiger partial charge on any atom is -0.382 e. The average molecular weight is 325 g/mol. The van der Waals surface area contributed by atoms with E-state index < -0.39 is 0 Å². The molecule has 2 rings (SSSR count). The van der Waals surface area contributed by atoms with Crippen LogP contribution in [-0.4, -0.2) is 21.9 Å². The molecule has 0 bridgehead atoms. The van der Waals surface area contributed by atoms with E-state index in [9.17, 15) is 4.79 Å². The summed E-state index contributed by atoms with van der Waals surface area (Å²) >= 11 is 11.8. The molecule has 0 aliphatic heterocycles. The van der Waals surface area contributed by atoms with Crippen molar-refractivity contribution in [3.05, 3.63) is 46.3 Å². The number of nitrogens with one attached hydrogen (secondary N) is 2. The van der Waals surface area contributed by atoms with Gasteiger partial charge in [-0.2, -0.15) is 0 Å². The second-order valence-corrected chi connectivity index (χ2v) is 5.36. The standard InChI is InChI=1S/C14H14Cl2N4O/c1-8(2)19-10-6-4-3-5-9(10)14(21)20-13-11(15)12(16)17-7-18-13/h3-8,19H,1-2H3,(H,17,18,20,21). The van der Waals surface area contributed by atoms with Gasteiger partial charge >= 0.3 is 0 Å². The van der Waals surface area contributed by atoms with Crippen LogP contribution in [0.2, 0.25) is 10.2 Å². The number of hydrogen-bond acceptors (Lipinski definition) is 4. The molecule has 7 heteroatoms. The lowest BCUT2D eigenvalue weighted by molar-refractivity contribution is 0.102. The molecular formula is C14H14Cl2N4O. The van der Waals surface area contributed by atoms with E-state index in [0.29, 0.717) is 5.56 Å². The van der Waals surface area contributed by atoms with Crippen LogP contribution >= 0.6 is 23.2 Å². The van der Waals surface area contributed by atoms with Crippen LogP contribution in [0.15, 0.2) is 30.6 Å². The molecule has 0 spiro atoms. The van der Waals surface area contributed by atoms with Crippen molar-refractivity contribution < 1.29 is 4.79 Å². The van der Waals surface area contributed by atoms with Crippen LogP contribution in [0.3, 0.4) is 0 Å². The van der Waals surface area contributed by atoms with Crippen LogP contribution in [0.1, 0.15) is 24.2 Å². The molecule has 0 radical (unpaired) electrons. The predicted molar refractivity (Wildman–Crippen MR) is 85.2 cm³/mol. The zero-order valence-corrected chi connectivity index (χ0v) is 13.0. The van der Waals surface area contributed by atoms with Gasteiger partial charge in [-0.15, -0.1) is 0 Å². The van der Waals surface area contributed by atoms with Gasteiger partial charge in [0.15, 0.2) is 11.0 Å². The van der Waals surface area contributed by atoms with Gasteiger partial charge < -0.3 is 10.6 Å². The number of nitrogens with zero attached hydrogens (tertiary/aromatic N) is 2. The molecule has 21 heavy (non-hydrogen) atoms. The molecule has 0 aliphatic carbocycles. The number of amides is 1. The van der Waals surface area contributed by atoms with Gasteiger partial charge in [-0.1, -0.05) is 35.3 Å². The maximum Gasteiger partial charge on any atom is 0.258 e. The molecule has 2 N–H and O–H groups in total. The molecule has 1 heterocycles. The Labute approximate surface area is 132 Å². The summed E-state index contributed by atoms with van der Waals surface area (Å²) in [6.07, 6.45) is 1.24. The molecule has 5 nitrogen and oxygen atoms in total. The molecule has 110 valence electrons. The van der Waals surface area contributed by atoms with Crippen LogP contribution in [0, 0.1) is 0 Å². The van der Waals surface area contributed by atoms with Crippen LogP contribution in [0.25, 0.3) is 0 Å². The number of carbonyl (C=O) groups is 1. The summed E-state index contributed by atoms with van der Waals surface area (Å²) in [6.45, 7) is 3.99. The number of para-hydroxylation sites is 1. The molecule has 0 unspecified atom stereocenters. The molecule has 0 saturated heterocycles. The Hall–Kier alpha value is -1.85. The first-order valence-corrected chi connectivity index (χ1v) is 7.07. The molecule has 1 amide bonds. The van der Waals surface area contributed by atoms with Crippen LogP contribution in [0.4, 0.5) is 11.5 Å². The van der Waals surface area contributed by atoms with Crippen molar-refractivity contribution in [3.63, 3.8) is 0 Å². The highest BCUT2D eigenvalue weighted by atomic mass is 35.5. The van der Waals surface area contributed by atoms with E-state index in [1.165, 1.54) is 6.33 Å². The Morgan fingerprint density at radius 1 is 1.19 bits per heavy atom. The van der Waals surface area contributed by atoms with Gasteiger partial charge in [-0.05, 0) is 26.0 Å². The lowest BCUT2D eigenvalue weighted by Gasteiger charge is -2.14. The lowest BCUT2D eigenvalue weighted by atomic mass is 10.1. The Morgan fingerprint density at radius 3 is 2.62 bits per heavy atom. The highest BCUT2D eigenvalue weighted by molar-refractivity contribution is 6.43. The summed E-state index contributed by atoms with van der Waals surface area (Å²) in [5, 5.41) is 6.05. The molecule has 0 saturated carbocycles. The van der Waals surface area contributed by atoms with Crippen molar-refractivity contribution in [2.24, 2.45) is 0 Å². The summed E-state index contributed by atoms with van der Waals surface area (Å²) in [7, 11) is 0. The van der Waals surface area contributed by atoms with Crippen LogP contribution in [-0.2, 0) is 0 Å². The van der Waals surface area contributed by atoms with Crippen molar-refractivity contribution >= 4 is 40.6 Å². The largest absolute Gasteiger partial charge is 0.382 e. The summed E-state index contributed by atoms with van der Waals surface area (Å²) in [6, 6.07) is 7.40. The number of carbonyl (C=O) groups excluding carboxylic acids is 1. The van der Waals surface area contributed by atoms with Gasteiger partial charge in [-0.3, -0.25) is 4.79 Å². The highest BCUT2D eigenvalue weighted by Gasteiger charge is 2.15. The van der Waals surface area contributed by atoms with Crippen LogP contribution < -0.4 is 10.6 Å². The van der Waals surface area contributed by atoms with Gasteiger partial charge in [-0.25, -0.2) is 9.97 Å². The third kappa shape index (κ3) is 3.83. The molecule has 0 aliphatic rings. The van der Waals surface area contributed by atoms with E-state index in [-0.39, 0.29) is 27.9 Å². The van der Waals surface area contributed by atoms with Gasteiger partial charge in [0.1, 0.15) is 11.3 Å². The molecule has 1 aromatic carbocycles. The first kappa shape index (κ1) is 15.5. The Balaban J connectivity index is 2.27. The first-order chi connectivity index (χ1) is 9.99. The fourth-order valence-corrected chi connectivity index (χ4v) is 2.01. The summed E-state index contributed by atoms with van der Waals surface area (Å²) in [5.41, 5.74) is 1.23. The Kier molecular flexibility index (Phi) is 4.98. The topological polar surface area (TPSA) is 66.9 Å². The quantitative estimate of drug-likeness (QED) is 0.838. The van der Waals surface area contributed by atoms with Gasteiger partial charge in [0.05, 0.1) is 5.56 Å². The fourth-order valence-electron chi connectivity index (χ4n) is 1.73. The predicted octanol–water partition coefficient (Wildman–Crippen LogP) is 3.86. The average Bonchev–Trinajstić information content (AvgIpc) is 2.44. The van der Waals surface area contributed by atoms with Gasteiger partial charge in [0, 0.05) is 11.7 Å². The second kappa shape index (κ2) is 6.74. The number of benzene rings is 1. The Bertz CT molecular complexity index is 661. The maximum absolute atomic E-state index is 12.4. The minimum atomic E-state index is -0.324. The summed E-state index contributed by atoms with van der Waals surface area (Å²) < 4.78 is 0. The Morgan fingerprint density at radius 2 is 1.90 bits per heavy atom. The van der Waals surface area contributed by atoms with Crippen molar-refractivity contribution in [2.75, 3.05) is 10.6 Å². The third-order valence-electron chi connectivity index (χ3n) is 2.59. The van der Waals surface area contributed by atoms with E-state index in [1.807, 2.05) is 26.0 Å². The molecule has 0 fully saturated rings. The summed E-state index contributed by atoms with van der Waals surface area (Å²) in [5.74, 6) is -0.142. The van der Waals surface area contributed by atoms with E-state index in [0.717, 1.165) is 5.69 Å². The second-order valence-electron chi connectivity index (χ2n) is 4.63. The van der Waals surface area contributed by atoms with E-state index in [1.54, 1.807) is 12.1 Å². The summed E-state index contributed by atoms with van der Waals surface area (Å²) in [4.78, 5) is 20.0. The lowest BCUT2D eigenvalue weighted by Crippen LogP contribution is -2.18. The molecular weight excluding hydrogens is 311 g/mol. The zero-order valence-electron chi connectivity index (χ0n) is 11.5. The van der Waals surface area contributed by atoms with Gasteiger partial charge in [0.2, 0.25) is 0 Å². The van der Waals surface area contributed by atoms with Gasteiger partial charge in [0.25, 0.3) is 5.91 Å². The number of rotatable bonds is 4. The maximum atomic E-state index is 12.4. The van der Waals surface area contributed by atoms with E-state index in [2.05, 4.69) is 20.6 Å². The molecule has 0 atom stereocenters. The minimum absolute atomic E-state index is 0.0931. The SMILES string of the molecule is CC(C)Nc1ccccc1C(=O)Nc1ncnc(Cl)c1Cl. The number of aromatic nitrogens is 2. The highest BCUT2D eigenvalue weighted by Crippen LogP contribution is 2.26. The van der Waals surface area contributed by atoms with E-state index in [4.69, 9.17) is 23.2 Å². The molecule has 2 aromatic rings. The third-order valence-corrected chi connectivity index (χ3v) is 3.34.